The number of hydrogen-bond donors (Lipinski definition) is 1. The lowest BCUT2D eigenvalue weighted by molar-refractivity contribution is -0.139. The second-order valence-corrected chi connectivity index (χ2v) is 8.40. The first kappa shape index (κ1) is 23.1. The third-order valence-electron chi connectivity index (χ3n) is 5.13. The lowest BCUT2D eigenvalue weighted by Crippen LogP contribution is -2.32. The van der Waals surface area contributed by atoms with Gasteiger partial charge in [-0.05, 0) is 63.0 Å². The van der Waals surface area contributed by atoms with Crippen LogP contribution in [0.4, 0.5) is 0 Å². The summed E-state index contributed by atoms with van der Waals surface area (Å²) in [7, 11) is 5.37. The Labute approximate surface area is 191 Å². The zero-order chi connectivity index (χ0) is 22.7. The summed E-state index contributed by atoms with van der Waals surface area (Å²) < 4.78 is 5.15. The van der Waals surface area contributed by atoms with Crippen LogP contribution in [0.5, 0.6) is 5.75 Å². The fourth-order valence-corrected chi connectivity index (χ4v) is 4.12. The predicted molar refractivity (Wildman–Crippen MR) is 122 cm³/mol. The van der Waals surface area contributed by atoms with E-state index in [1.807, 2.05) is 19.0 Å². The SMILES string of the molecule is COc1ccc(/C(O)=C2/C(=O)C(=O)N(CCCN(C)C)C2c2cccc(Cl)c2)cc1Cl. The van der Waals surface area contributed by atoms with Crippen molar-refractivity contribution in [2.24, 2.45) is 0 Å². The summed E-state index contributed by atoms with van der Waals surface area (Å²) in [5, 5.41) is 11.8. The van der Waals surface area contributed by atoms with Crippen LogP contribution in [0.15, 0.2) is 48.0 Å². The van der Waals surface area contributed by atoms with E-state index in [1.165, 1.54) is 18.1 Å². The summed E-state index contributed by atoms with van der Waals surface area (Å²) in [6.45, 7) is 1.11. The maximum absolute atomic E-state index is 13.0. The van der Waals surface area contributed by atoms with Gasteiger partial charge >= 0.3 is 0 Å². The molecule has 8 heteroatoms. The molecule has 2 aromatic carbocycles. The number of Topliss-reactive ketones (excluding diaryl/α,β-unsaturated/α-hetero) is 1. The number of hydrogen-bond acceptors (Lipinski definition) is 5. The third kappa shape index (κ3) is 4.87. The van der Waals surface area contributed by atoms with Gasteiger partial charge in [0, 0.05) is 17.1 Å². The molecule has 1 unspecified atom stereocenters. The molecular formula is C23H24Cl2N2O4. The van der Waals surface area contributed by atoms with Crippen molar-refractivity contribution in [3.8, 4) is 5.75 Å². The number of carbonyl (C=O) groups excluding carboxylic acids is 2. The summed E-state index contributed by atoms with van der Waals surface area (Å²) in [5.74, 6) is -1.24. The predicted octanol–water partition coefficient (Wildman–Crippen LogP) is 4.38. The van der Waals surface area contributed by atoms with Gasteiger partial charge in [-0.3, -0.25) is 9.59 Å². The number of ether oxygens (including phenoxy) is 1. The molecule has 1 amide bonds. The molecule has 0 bridgehead atoms. The Kier molecular flexibility index (Phi) is 7.26. The number of aliphatic hydroxyl groups excluding tert-OH is 1. The van der Waals surface area contributed by atoms with Crippen LogP contribution >= 0.6 is 23.2 Å². The minimum Gasteiger partial charge on any atom is -0.507 e. The molecule has 3 rings (SSSR count). The van der Waals surface area contributed by atoms with Crippen LogP contribution in [0.1, 0.15) is 23.6 Å². The van der Waals surface area contributed by atoms with Crippen molar-refractivity contribution in [3.05, 3.63) is 69.2 Å². The summed E-state index contributed by atoms with van der Waals surface area (Å²) in [4.78, 5) is 29.4. The first-order chi connectivity index (χ1) is 14.7. The minimum absolute atomic E-state index is 0.0124. The van der Waals surface area contributed by atoms with Gasteiger partial charge in [0.2, 0.25) is 0 Å². The Morgan fingerprint density at radius 3 is 2.52 bits per heavy atom. The third-order valence-corrected chi connectivity index (χ3v) is 5.66. The van der Waals surface area contributed by atoms with Crippen molar-refractivity contribution in [2.75, 3.05) is 34.3 Å². The number of rotatable bonds is 7. The van der Waals surface area contributed by atoms with E-state index in [-0.39, 0.29) is 16.4 Å². The normalized spacial score (nSPS) is 18.1. The molecule has 6 nitrogen and oxygen atoms in total. The highest BCUT2D eigenvalue weighted by atomic mass is 35.5. The number of halogens is 2. The van der Waals surface area contributed by atoms with E-state index in [9.17, 15) is 14.7 Å². The molecule has 31 heavy (non-hydrogen) atoms. The molecule has 1 atom stereocenters. The first-order valence-corrected chi connectivity index (χ1v) is 10.5. The summed E-state index contributed by atoms with van der Waals surface area (Å²) in [6.07, 6.45) is 0.672. The largest absolute Gasteiger partial charge is 0.507 e. The van der Waals surface area contributed by atoms with Crippen LogP contribution in [0.3, 0.4) is 0 Å². The smallest absolute Gasteiger partial charge is 0.295 e. The second kappa shape index (κ2) is 9.73. The molecule has 0 aromatic heterocycles. The van der Waals surface area contributed by atoms with Crippen LogP contribution in [-0.4, -0.2) is 60.9 Å². The molecule has 1 N–H and O–H groups in total. The Bertz CT molecular complexity index is 1040. The highest BCUT2D eigenvalue weighted by Crippen LogP contribution is 2.40. The van der Waals surface area contributed by atoms with Gasteiger partial charge in [0.05, 0.1) is 23.7 Å². The van der Waals surface area contributed by atoms with Crippen molar-refractivity contribution in [1.29, 1.82) is 0 Å². The fourth-order valence-electron chi connectivity index (χ4n) is 3.66. The average molecular weight is 463 g/mol. The standard InChI is InChI=1S/C23H24Cl2N2O4/c1-26(2)10-5-11-27-20(14-6-4-7-16(24)12-14)19(22(29)23(27)30)21(28)15-8-9-18(31-3)17(25)13-15/h4,6-9,12-13,20,28H,5,10-11H2,1-3H3/b21-19-. The van der Waals surface area contributed by atoms with Gasteiger partial charge in [-0.25, -0.2) is 0 Å². The Morgan fingerprint density at radius 1 is 1.16 bits per heavy atom. The van der Waals surface area contributed by atoms with Gasteiger partial charge in [-0.1, -0.05) is 35.3 Å². The van der Waals surface area contributed by atoms with E-state index >= 15 is 0 Å². The van der Waals surface area contributed by atoms with E-state index in [0.717, 1.165) is 6.54 Å². The molecule has 0 spiro atoms. The molecule has 0 saturated carbocycles. The van der Waals surface area contributed by atoms with Crippen LogP contribution < -0.4 is 4.74 Å². The lowest BCUT2D eigenvalue weighted by atomic mass is 9.95. The van der Waals surface area contributed by atoms with Crippen LogP contribution in [0.2, 0.25) is 10.0 Å². The van der Waals surface area contributed by atoms with E-state index < -0.39 is 17.7 Å². The van der Waals surface area contributed by atoms with Crippen LogP contribution in [0, 0.1) is 0 Å². The number of methoxy groups -OCH3 is 1. The molecule has 0 radical (unpaired) electrons. The Balaban J connectivity index is 2.11. The average Bonchev–Trinajstić information content (AvgIpc) is 2.98. The highest BCUT2D eigenvalue weighted by Gasteiger charge is 2.45. The molecule has 1 aliphatic rings. The maximum Gasteiger partial charge on any atom is 0.295 e. The second-order valence-electron chi connectivity index (χ2n) is 7.55. The number of carbonyl (C=O) groups is 2. The molecular weight excluding hydrogens is 439 g/mol. The van der Waals surface area contributed by atoms with E-state index in [0.29, 0.717) is 34.9 Å². The van der Waals surface area contributed by atoms with Crippen molar-refractivity contribution >= 4 is 40.7 Å². The molecule has 1 fully saturated rings. The molecule has 0 aliphatic carbocycles. The number of ketones is 1. The van der Waals surface area contributed by atoms with E-state index in [4.69, 9.17) is 27.9 Å². The fraction of sp³-hybridized carbons (Fsp3) is 0.304. The number of benzene rings is 2. The number of aliphatic hydroxyl groups is 1. The Hall–Kier alpha value is -2.54. The monoisotopic (exact) mass is 462 g/mol. The number of amides is 1. The van der Waals surface area contributed by atoms with Gasteiger partial charge in [0.25, 0.3) is 11.7 Å². The number of likely N-dealkylation sites (tertiary alicyclic amines) is 1. The van der Waals surface area contributed by atoms with Crippen molar-refractivity contribution in [2.45, 2.75) is 12.5 Å². The highest BCUT2D eigenvalue weighted by molar-refractivity contribution is 6.46. The van der Waals surface area contributed by atoms with Crippen molar-refractivity contribution in [1.82, 2.24) is 9.80 Å². The molecule has 1 aliphatic heterocycles. The molecule has 1 heterocycles. The molecule has 1 saturated heterocycles. The van der Waals surface area contributed by atoms with Gasteiger partial charge in [-0.2, -0.15) is 0 Å². The topological polar surface area (TPSA) is 70.1 Å². The summed E-state index contributed by atoms with van der Waals surface area (Å²) in [6, 6.07) is 10.9. The first-order valence-electron chi connectivity index (χ1n) is 9.77. The van der Waals surface area contributed by atoms with Gasteiger partial charge in [0.1, 0.15) is 11.5 Å². The van der Waals surface area contributed by atoms with Crippen LogP contribution in [-0.2, 0) is 9.59 Å². The minimum atomic E-state index is -0.748. The van der Waals surface area contributed by atoms with Gasteiger partial charge in [-0.15, -0.1) is 0 Å². The number of nitrogens with zero attached hydrogens (tertiary/aromatic N) is 2. The van der Waals surface area contributed by atoms with Crippen molar-refractivity contribution in [3.63, 3.8) is 0 Å². The van der Waals surface area contributed by atoms with Gasteiger partial charge in [0.15, 0.2) is 0 Å². The summed E-state index contributed by atoms with van der Waals surface area (Å²) in [5.41, 5.74) is 0.986. The van der Waals surface area contributed by atoms with E-state index in [1.54, 1.807) is 36.4 Å². The summed E-state index contributed by atoms with van der Waals surface area (Å²) >= 11 is 12.4. The van der Waals surface area contributed by atoms with Crippen LogP contribution in [0.25, 0.3) is 5.76 Å². The van der Waals surface area contributed by atoms with Crippen molar-refractivity contribution < 1.29 is 19.4 Å². The van der Waals surface area contributed by atoms with E-state index in [2.05, 4.69) is 0 Å². The maximum atomic E-state index is 13.0. The lowest BCUT2D eigenvalue weighted by Gasteiger charge is -2.26. The zero-order valence-electron chi connectivity index (χ0n) is 17.6. The molecule has 164 valence electrons. The zero-order valence-corrected chi connectivity index (χ0v) is 19.1. The quantitative estimate of drug-likeness (QED) is 0.375. The van der Waals surface area contributed by atoms with Gasteiger partial charge < -0.3 is 19.6 Å². The Morgan fingerprint density at radius 2 is 1.90 bits per heavy atom. The molecule has 2 aromatic rings.